The lowest BCUT2D eigenvalue weighted by Gasteiger charge is -2.40. The molecule has 0 spiro atoms. The normalized spacial score (nSPS) is 14.5. The number of anilines is 1. The van der Waals surface area contributed by atoms with Crippen LogP contribution in [0.25, 0.3) is 0 Å². The zero-order valence-electron chi connectivity index (χ0n) is 15.7. The van der Waals surface area contributed by atoms with E-state index in [2.05, 4.69) is 15.3 Å². The number of alkyl halides is 3. The summed E-state index contributed by atoms with van der Waals surface area (Å²) in [4.78, 5) is 33.5. The van der Waals surface area contributed by atoms with Crippen molar-refractivity contribution in [2.24, 2.45) is 0 Å². The van der Waals surface area contributed by atoms with Gasteiger partial charge in [0, 0.05) is 42.7 Å². The molecule has 0 atom stereocenters. The summed E-state index contributed by atoms with van der Waals surface area (Å²) in [5.74, 6) is -0.116. The lowest BCUT2D eigenvalue weighted by atomic mass is 10.1. The number of aryl methyl sites for hydroxylation is 1. The van der Waals surface area contributed by atoms with Gasteiger partial charge in [-0.3, -0.25) is 14.6 Å². The Labute approximate surface area is 170 Å². The van der Waals surface area contributed by atoms with Crippen molar-refractivity contribution in [1.29, 1.82) is 0 Å². The molecule has 0 unspecified atom stereocenters. The van der Waals surface area contributed by atoms with Crippen molar-refractivity contribution in [1.82, 2.24) is 15.3 Å². The van der Waals surface area contributed by atoms with Gasteiger partial charge in [-0.05, 0) is 32.0 Å². The number of amides is 1. The van der Waals surface area contributed by atoms with Gasteiger partial charge in [0.15, 0.2) is 0 Å². The third-order valence-electron chi connectivity index (χ3n) is 4.36. The van der Waals surface area contributed by atoms with Crippen molar-refractivity contribution >= 4 is 29.1 Å². The Morgan fingerprint density at radius 3 is 2.55 bits per heavy atom. The maximum atomic E-state index is 12.7. The van der Waals surface area contributed by atoms with Gasteiger partial charge < -0.3 is 10.2 Å². The first-order chi connectivity index (χ1) is 13.5. The van der Waals surface area contributed by atoms with Crippen molar-refractivity contribution in [3.63, 3.8) is 0 Å². The van der Waals surface area contributed by atoms with Gasteiger partial charge in [0.05, 0.1) is 16.6 Å². The van der Waals surface area contributed by atoms with E-state index in [0.29, 0.717) is 30.0 Å². The topological polar surface area (TPSA) is 75.2 Å². The number of rotatable bonds is 5. The van der Waals surface area contributed by atoms with E-state index in [1.807, 2.05) is 0 Å². The molecule has 1 aliphatic heterocycles. The van der Waals surface area contributed by atoms with E-state index in [-0.39, 0.29) is 35.0 Å². The van der Waals surface area contributed by atoms with E-state index >= 15 is 0 Å². The van der Waals surface area contributed by atoms with Crippen molar-refractivity contribution in [2.75, 3.05) is 18.0 Å². The van der Waals surface area contributed by atoms with Gasteiger partial charge in [0.1, 0.15) is 11.6 Å². The largest absolute Gasteiger partial charge is 0.417 e. The van der Waals surface area contributed by atoms with E-state index < -0.39 is 11.7 Å². The van der Waals surface area contributed by atoms with Crippen LogP contribution in [0.2, 0.25) is 5.02 Å². The van der Waals surface area contributed by atoms with Crippen LogP contribution < -0.4 is 10.2 Å². The monoisotopic (exact) mass is 426 g/mol. The van der Waals surface area contributed by atoms with Crippen LogP contribution in [0.3, 0.4) is 0 Å². The van der Waals surface area contributed by atoms with Gasteiger partial charge in [0.2, 0.25) is 0 Å². The number of aromatic nitrogens is 2. The van der Waals surface area contributed by atoms with Crippen molar-refractivity contribution < 1.29 is 22.8 Å². The van der Waals surface area contributed by atoms with Crippen molar-refractivity contribution in [2.45, 2.75) is 32.5 Å². The maximum Gasteiger partial charge on any atom is 0.417 e. The van der Waals surface area contributed by atoms with Gasteiger partial charge in [-0.25, -0.2) is 4.98 Å². The fourth-order valence-corrected chi connectivity index (χ4v) is 3.33. The SMILES string of the molecule is CC(=O)Cc1cc(C(=O)NC2CN(c3ncc(C(F)(F)F)cc3Cl)C2)cc(C)n1. The Morgan fingerprint density at radius 1 is 1.28 bits per heavy atom. The minimum absolute atomic E-state index is 0.0509. The number of Topliss-reactive ketones (excluding diaryl/α,β-unsaturated/α-hetero) is 1. The number of halogens is 4. The number of carbonyl (C=O) groups excluding carboxylic acids is 2. The van der Waals surface area contributed by atoms with E-state index in [1.54, 1.807) is 24.0 Å². The zero-order valence-corrected chi connectivity index (χ0v) is 16.4. The van der Waals surface area contributed by atoms with Crippen LogP contribution in [0, 0.1) is 6.92 Å². The summed E-state index contributed by atoms with van der Waals surface area (Å²) in [6.45, 7) is 3.93. The number of hydrogen-bond acceptors (Lipinski definition) is 5. The molecule has 0 saturated carbocycles. The Morgan fingerprint density at radius 2 is 1.97 bits per heavy atom. The molecule has 0 aliphatic carbocycles. The second kappa shape index (κ2) is 7.98. The molecule has 3 rings (SSSR count). The summed E-state index contributed by atoms with van der Waals surface area (Å²) in [7, 11) is 0. The first-order valence-corrected chi connectivity index (χ1v) is 9.16. The molecule has 10 heteroatoms. The fraction of sp³-hybridized carbons (Fsp3) is 0.368. The average Bonchev–Trinajstić information content (AvgIpc) is 2.56. The molecule has 0 bridgehead atoms. The van der Waals surface area contributed by atoms with Crippen LogP contribution in [0.5, 0.6) is 0 Å². The van der Waals surface area contributed by atoms with Gasteiger partial charge in [0.25, 0.3) is 5.91 Å². The Kier molecular flexibility index (Phi) is 5.79. The molecule has 6 nitrogen and oxygen atoms in total. The molecule has 2 aromatic heterocycles. The van der Waals surface area contributed by atoms with E-state index in [9.17, 15) is 22.8 Å². The molecule has 1 fully saturated rings. The van der Waals surface area contributed by atoms with E-state index in [1.165, 1.54) is 6.92 Å². The first kappa shape index (κ1) is 21.0. The molecule has 2 aromatic rings. The average molecular weight is 427 g/mol. The number of pyridine rings is 2. The molecule has 3 heterocycles. The van der Waals surface area contributed by atoms with Gasteiger partial charge in [-0.1, -0.05) is 11.6 Å². The van der Waals surface area contributed by atoms with Crippen LogP contribution >= 0.6 is 11.6 Å². The van der Waals surface area contributed by atoms with E-state index in [0.717, 1.165) is 12.3 Å². The summed E-state index contributed by atoms with van der Waals surface area (Å²) in [5, 5.41) is 2.76. The molecule has 29 heavy (non-hydrogen) atoms. The Hall–Kier alpha value is -2.68. The number of hydrogen-bond donors (Lipinski definition) is 1. The molecule has 154 valence electrons. The van der Waals surface area contributed by atoms with Crippen LogP contribution in [-0.4, -0.2) is 40.8 Å². The molecule has 1 amide bonds. The third-order valence-corrected chi connectivity index (χ3v) is 4.64. The predicted molar refractivity (Wildman–Crippen MR) is 101 cm³/mol. The van der Waals surface area contributed by atoms with Crippen molar-refractivity contribution in [3.8, 4) is 0 Å². The standard InChI is InChI=1S/C19H18ClF3N4O2/c1-10-3-12(5-14(25-10)4-11(2)28)18(29)26-15-8-27(9-15)17-16(20)6-13(7-24-17)19(21,22)23/h3,5-7,15H,4,8-9H2,1-2H3,(H,26,29). The van der Waals surface area contributed by atoms with Crippen molar-refractivity contribution in [3.05, 3.63) is 51.9 Å². The Bertz CT molecular complexity index is 959. The summed E-state index contributed by atoms with van der Waals surface area (Å²) in [6.07, 6.45) is -3.62. The minimum Gasteiger partial charge on any atom is -0.351 e. The fourth-order valence-electron chi connectivity index (χ4n) is 3.04. The molecule has 0 aromatic carbocycles. The highest BCUT2D eigenvalue weighted by Gasteiger charge is 2.34. The van der Waals surface area contributed by atoms with E-state index in [4.69, 9.17) is 11.6 Å². The second-order valence-corrected chi connectivity index (χ2v) is 7.38. The highest BCUT2D eigenvalue weighted by Crippen LogP contribution is 2.34. The summed E-state index contributed by atoms with van der Waals surface area (Å²) in [5.41, 5.74) is 0.646. The molecular formula is C19H18ClF3N4O2. The zero-order chi connectivity index (χ0) is 21.3. The molecule has 1 saturated heterocycles. The number of carbonyl (C=O) groups is 2. The highest BCUT2D eigenvalue weighted by atomic mass is 35.5. The minimum atomic E-state index is -4.51. The third kappa shape index (κ3) is 5.03. The molecular weight excluding hydrogens is 409 g/mol. The number of nitrogens with zero attached hydrogens (tertiary/aromatic N) is 3. The van der Waals surface area contributed by atoms with Crippen LogP contribution in [-0.2, 0) is 17.4 Å². The maximum absolute atomic E-state index is 12.7. The summed E-state index contributed by atoms with van der Waals surface area (Å²) < 4.78 is 38.1. The van der Waals surface area contributed by atoms with Crippen LogP contribution in [0.15, 0.2) is 24.4 Å². The van der Waals surface area contributed by atoms with Gasteiger partial charge in [-0.15, -0.1) is 0 Å². The lowest BCUT2D eigenvalue weighted by molar-refractivity contribution is -0.137. The lowest BCUT2D eigenvalue weighted by Crippen LogP contribution is -2.59. The summed E-state index contributed by atoms with van der Waals surface area (Å²) >= 11 is 5.94. The van der Waals surface area contributed by atoms with Crippen LogP contribution in [0.1, 0.15) is 34.2 Å². The smallest absolute Gasteiger partial charge is 0.351 e. The quantitative estimate of drug-likeness (QED) is 0.794. The highest BCUT2D eigenvalue weighted by molar-refractivity contribution is 6.33. The predicted octanol–water partition coefficient (Wildman–Crippen LogP) is 3.21. The molecule has 1 aliphatic rings. The molecule has 0 radical (unpaired) electrons. The van der Waals surface area contributed by atoms with Gasteiger partial charge >= 0.3 is 6.18 Å². The first-order valence-electron chi connectivity index (χ1n) is 8.78. The second-order valence-electron chi connectivity index (χ2n) is 6.97. The van der Waals surface area contributed by atoms with Gasteiger partial charge in [-0.2, -0.15) is 13.2 Å². The number of nitrogens with one attached hydrogen (secondary N) is 1. The van der Waals surface area contributed by atoms with Crippen LogP contribution in [0.4, 0.5) is 19.0 Å². The summed E-state index contributed by atoms with van der Waals surface area (Å²) in [6, 6.07) is 3.84. The Balaban J connectivity index is 1.62. The number of ketones is 1. The molecule has 1 N–H and O–H groups in total.